The third kappa shape index (κ3) is 4.34. The van der Waals surface area contributed by atoms with Crippen LogP contribution in [0.4, 0.5) is 5.69 Å². The number of rotatable bonds is 4. The maximum Gasteiger partial charge on any atom is 0.171 e. The molecule has 1 unspecified atom stereocenters. The van der Waals surface area contributed by atoms with E-state index in [1.165, 1.54) is 0 Å². The minimum Gasteiger partial charge on any atom is -0.352 e. The molecule has 3 rings (SSSR count). The third-order valence-corrected chi connectivity index (χ3v) is 4.12. The number of thiocarbonyl (C=S) groups is 1. The Morgan fingerprint density at radius 2 is 1.29 bits per heavy atom. The van der Waals surface area contributed by atoms with Crippen LogP contribution in [0.1, 0.15) is 17.2 Å². The Morgan fingerprint density at radius 3 is 1.92 bits per heavy atom. The standard InChI is InChI=1S/C20H17ClN2S/c21-17-13-11-16(12-14-17)19(15-7-3-1-4-8-15)23-20(24)22-18-9-5-2-6-10-18/h1-14,19H,(H2,22,23,24). The fourth-order valence-electron chi connectivity index (χ4n) is 2.48. The van der Waals surface area contributed by atoms with Gasteiger partial charge in [0, 0.05) is 10.7 Å². The lowest BCUT2D eigenvalue weighted by atomic mass is 9.99. The van der Waals surface area contributed by atoms with Crippen molar-refractivity contribution in [2.24, 2.45) is 0 Å². The largest absolute Gasteiger partial charge is 0.352 e. The summed E-state index contributed by atoms with van der Waals surface area (Å²) < 4.78 is 0. The van der Waals surface area contributed by atoms with Gasteiger partial charge in [-0.15, -0.1) is 0 Å². The van der Waals surface area contributed by atoms with Crippen LogP contribution < -0.4 is 10.6 Å². The van der Waals surface area contributed by atoms with E-state index in [0.29, 0.717) is 5.11 Å². The number of para-hydroxylation sites is 1. The lowest BCUT2D eigenvalue weighted by molar-refractivity contribution is 0.769. The van der Waals surface area contributed by atoms with Crippen LogP contribution >= 0.6 is 23.8 Å². The van der Waals surface area contributed by atoms with Gasteiger partial charge in [0.1, 0.15) is 0 Å². The molecule has 0 aliphatic heterocycles. The summed E-state index contributed by atoms with van der Waals surface area (Å²) in [6.45, 7) is 0. The molecule has 0 aromatic heterocycles. The summed E-state index contributed by atoms with van der Waals surface area (Å²) in [4.78, 5) is 0. The summed E-state index contributed by atoms with van der Waals surface area (Å²) in [5.41, 5.74) is 3.19. The number of anilines is 1. The minimum atomic E-state index is -0.0489. The molecule has 0 radical (unpaired) electrons. The van der Waals surface area contributed by atoms with Gasteiger partial charge >= 0.3 is 0 Å². The van der Waals surface area contributed by atoms with Gasteiger partial charge in [-0.3, -0.25) is 0 Å². The van der Waals surface area contributed by atoms with Crippen LogP contribution in [0.5, 0.6) is 0 Å². The smallest absolute Gasteiger partial charge is 0.171 e. The van der Waals surface area contributed by atoms with Crippen LogP contribution in [0, 0.1) is 0 Å². The van der Waals surface area contributed by atoms with Crippen molar-refractivity contribution in [3.63, 3.8) is 0 Å². The molecule has 4 heteroatoms. The maximum atomic E-state index is 6.02. The molecule has 0 aliphatic carbocycles. The van der Waals surface area contributed by atoms with E-state index in [1.54, 1.807) is 0 Å². The fraction of sp³-hybridized carbons (Fsp3) is 0.0500. The van der Waals surface area contributed by atoms with Crippen LogP contribution in [0.2, 0.25) is 5.02 Å². The summed E-state index contributed by atoms with van der Waals surface area (Å²) in [7, 11) is 0. The topological polar surface area (TPSA) is 24.1 Å². The van der Waals surface area contributed by atoms with E-state index in [1.807, 2.05) is 72.8 Å². The Bertz CT molecular complexity index is 789. The quantitative estimate of drug-likeness (QED) is 0.613. The predicted molar refractivity (Wildman–Crippen MR) is 106 cm³/mol. The second-order valence-corrected chi connectivity index (χ2v) is 6.20. The van der Waals surface area contributed by atoms with Crippen molar-refractivity contribution >= 4 is 34.6 Å². The van der Waals surface area contributed by atoms with E-state index < -0.39 is 0 Å². The highest BCUT2D eigenvalue weighted by Crippen LogP contribution is 2.23. The Hall–Kier alpha value is -2.36. The van der Waals surface area contributed by atoms with E-state index in [0.717, 1.165) is 21.8 Å². The van der Waals surface area contributed by atoms with Crippen molar-refractivity contribution < 1.29 is 0 Å². The van der Waals surface area contributed by atoms with Crippen LogP contribution in [0.15, 0.2) is 84.9 Å². The molecular formula is C20H17ClN2S. The zero-order chi connectivity index (χ0) is 16.8. The lowest BCUT2D eigenvalue weighted by Crippen LogP contribution is -2.32. The first kappa shape index (κ1) is 16.5. The van der Waals surface area contributed by atoms with Crippen LogP contribution in [0.25, 0.3) is 0 Å². The maximum absolute atomic E-state index is 6.02. The van der Waals surface area contributed by atoms with Crippen molar-refractivity contribution in [3.8, 4) is 0 Å². The molecule has 120 valence electrons. The van der Waals surface area contributed by atoms with E-state index in [2.05, 4.69) is 22.8 Å². The molecule has 0 heterocycles. The molecule has 0 aliphatic rings. The molecule has 3 aromatic rings. The van der Waals surface area contributed by atoms with Gasteiger partial charge < -0.3 is 10.6 Å². The van der Waals surface area contributed by atoms with Gasteiger partial charge in [-0.1, -0.05) is 72.3 Å². The van der Waals surface area contributed by atoms with Crippen molar-refractivity contribution in [2.45, 2.75) is 6.04 Å². The summed E-state index contributed by atoms with van der Waals surface area (Å²) in [6, 6.07) is 27.8. The second kappa shape index (κ2) is 7.95. The average molecular weight is 353 g/mol. The van der Waals surface area contributed by atoms with Gasteiger partial charge in [-0.25, -0.2) is 0 Å². The summed E-state index contributed by atoms with van der Waals surface area (Å²) in [5, 5.41) is 7.90. The average Bonchev–Trinajstić information content (AvgIpc) is 2.62. The highest BCUT2D eigenvalue weighted by Gasteiger charge is 2.15. The number of hydrogen-bond acceptors (Lipinski definition) is 1. The van der Waals surface area contributed by atoms with Gasteiger partial charge in [0.2, 0.25) is 0 Å². The SMILES string of the molecule is S=C(Nc1ccccc1)NC(c1ccccc1)c1ccc(Cl)cc1. The zero-order valence-electron chi connectivity index (χ0n) is 12.9. The molecule has 2 nitrogen and oxygen atoms in total. The zero-order valence-corrected chi connectivity index (χ0v) is 14.5. The molecule has 0 bridgehead atoms. The first-order valence-corrected chi connectivity index (χ1v) is 8.44. The van der Waals surface area contributed by atoms with Crippen LogP contribution in [-0.4, -0.2) is 5.11 Å². The molecule has 24 heavy (non-hydrogen) atoms. The van der Waals surface area contributed by atoms with Gasteiger partial charge in [-0.2, -0.15) is 0 Å². The van der Waals surface area contributed by atoms with E-state index in [4.69, 9.17) is 23.8 Å². The molecule has 0 amide bonds. The number of halogens is 1. The minimum absolute atomic E-state index is 0.0489. The molecule has 0 spiro atoms. The summed E-state index contributed by atoms with van der Waals surface area (Å²) >= 11 is 11.5. The Labute approximate surface area is 152 Å². The van der Waals surface area contributed by atoms with E-state index in [-0.39, 0.29) is 6.04 Å². The summed E-state index contributed by atoms with van der Waals surface area (Å²) in [6.07, 6.45) is 0. The molecule has 0 fully saturated rings. The second-order valence-electron chi connectivity index (χ2n) is 5.36. The normalized spacial score (nSPS) is 11.5. The Kier molecular flexibility index (Phi) is 5.47. The lowest BCUT2D eigenvalue weighted by Gasteiger charge is -2.22. The monoisotopic (exact) mass is 352 g/mol. The van der Waals surface area contributed by atoms with Crippen molar-refractivity contribution in [1.82, 2.24) is 5.32 Å². The van der Waals surface area contributed by atoms with Gasteiger partial charge in [0.25, 0.3) is 0 Å². The predicted octanol–water partition coefficient (Wildman–Crippen LogP) is 5.42. The van der Waals surface area contributed by atoms with E-state index in [9.17, 15) is 0 Å². The van der Waals surface area contributed by atoms with Gasteiger partial charge in [0.15, 0.2) is 5.11 Å². The number of hydrogen-bond donors (Lipinski definition) is 2. The van der Waals surface area contributed by atoms with Crippen LogP contribution in [-0.2, 0) is 0 Å². The number of nitrogens with one attached hydrogen (secondary N) is 2. The first-order chi connectivity index (χ1) is 11.7. The molecule has 0 saturated carbocycles. The third-order valence-electron chi connectivity index (χ3n) is 3.64. The molecule has 2 N–H and O–H groups in total. The van der Waals surface area contributed by atoms with E-state index >= 15 is 0 Å². The highest BCUT2D eigenvalue weighted by atomic mass is 35.5. The number of benzene rings is 3. The Balaban J connectivity index is 1.82. The van der Waals surface area contributed by atoms with Crippen LogP contribution in [0.3, 0.4) is 0 Å². The molecule has 1 atom stereocenters. The molecule has 3 aromatic carbocycles. The highest BCUT2D eigenvalue weighted by molar-refractivity contribution is 7.80. The fourth-order valence-corrected chi connectivity index (χ4v) is 2.84. The van der Waals surface area contributed by atoms with Crippen molar-refractivity contribution in [1.29, 1.82) is 0 Å². The van der Waals surface area contributed by atoms with Gasteiger partial charge in [0.05, 0.1) is 6.04 Å². The van der Waals surface area contributed by atoms with Crippen molar-refractivity contribution in [2.75, 3.05) is 5.32 Å². The molecule has 0 saturated heterocycles. The first-order valence-electron chi connectivity index (χ1n) is 7.65. The molecular weight excluding hydrogens is 336 g/mol. The Morgan fingerprint density at radius 1 is 0.750 bits per heavy atom. The summed E-state index contributed by atoms with van der Waals surface area (Å²) in [5.74, 6) is 0. The van der Waals surface area contributed by atoms with Gasteiger partial charge in [-0.05, 0) is 47.6 Å². The van der Waals surface area contributed by atoms with Crippen molar-refractivity contribution in [3.05, 3.63) is 101 Å².